The van der Waals surface area contributed by atoms with E-state index < -0.39 is 0 Å². The summed E-state index contributed by atoms with van der Waals surface area (Å²) in [4.78, 5) is 20.1. The zero-order chi connectivity index (χ0) is 13.7. The number of pyridine rings is 2. The summed E-state index contributed by atoms with van der Waals surface area (Å²) in [5, 5.41) is 2.80. The predicted octanol–water partition coefficient (Wildman–Crippen LogP) is 1.17. The summed E-state index contributed by atoms with van der Waals surface area (Å²) >= 11 is 0. The van der Waals surface area contributed by atoms with Crippen LogP contribution in [-0.4, -0.2) is 15.9 Å². The molecule has 2 heterocycles. The van der Waals surface area contributed by atoms with Gasteiger partial charge in [-0.15, -0.1) is 0 Å². The second-order valence-corrected chi connectivity index (χ2v) is 4.25. The fraction of sp³-hybridized carbons (Fsp3) is 0.214. The van der Waals surface area contributed by atoms with Gasteiger partial charge in [0.2, 0.25) is 0 Å². The van der Waals surface area contributed by atoms with Crippen LogP contribution in [0.4, 0.5) is 0 Å². The second-order valence-electron chi connectivity index (χ2n) is 4.25. The molecule has 0 atom stereocenters. The third-order valence-corrected chi connectivity index (χ3v) is 2.72. The fourth-order valence-electron chi connectivity index (χ4n) is 1.56. The number of nitrogens with one attached hydrogen (secondary N) is 1. The summed E-state index contributed by atoms with van der Waals surface area (Å²) in [5.74, 6) is -0.204. The molecule has 0 aromatic carbocycles. The van der Waals surface area contributed by atoms with Crippen molar-refractivity contribution < 1.29 is 4.79 Å². The summed E-state index contributed by atoms with van der Waals surface area (Å²) in [6.45, 7) is 2.78. The zero-order valence-electron chi connectivity index (χ0n) is 10.8. The van der Waals surface area contributed by atoms with E-state index in [1.165, 1.54) is 0 Å². The van der Waals surface area contributed by atoms with Gasteiger partial charge in [0.25, 0.3) is 5.91 Å². The lowest BCUT2D eigenvalue weighted by atomic mass is 10.2. The number of hydrogen-bond donors (Lipinski definition) is 2. The van der Waals surface area contributed by atoms with Crippen molar-refractivity contribution in [2.24, 2.45) is 5.73 Å². The highest BCUT2D eigenvalue weighted by atomic mass is 16.1. The van der Waals surface area contributed by atoms with E-state index in [4.69, 9.17) is 5.73 Å². The molecule has 98 valence electrons. The first-order valence-corrected chi connectivity index (χ1v) is 6.04. The maximum atomic E-state index is 11.9. The van der Waals surface area contributed by atoms with Crippen LogP contribution in [0.5, 0.6) is 0 Å². The molecule has 19 heavy (non-hydrogen) atoms. The van der Waals surface area contributed by atoms with Crippen molar-refractivity contribution in [2.75, 3.05) is 0 Å². The largest absolute Gasteiger partial charge is 0.347 e. The minimum absolute atomic E-state index is 0.204. The quantitative estimate of drug-likeness (QED) is 0.860. The Morgan fingerprint density at radius 1 is 1.16 bits per heavy atom. The fourth-order valence-corrected chi connectivity index (χ4v) is 1.56. The molecule has 3 N–H and O–H groups in total. The molecule has 0 spiro atoms. The molecule has 5 nitrogen and oxygen atoms in total. The van der Waals surface area contributed by atoms with E-state index in [9.17, 15) is 4.79 Å². The molecule has 0 aliphatic rings. The summed E-state index contributed by atoms with van der Waals surface area (Å²) in [5.41, 5.74) is 8.67. The molecule has 1 amide bonds. The van der Waals surface area contributed by atoms with Crippen molar-refractivity contribution in [1.82, 2.24) is 15.3 Å². The lowest BCUT2D eigenvalue weighted by molar-refractivity contribution is 0.0946. The van der Waals surface area contributed by atoms with Crippen molar-refractivity contribution in [1.29, 1.82) is 0 Å². The maximum absolute atomic E-state index is 11.9. The smallest absolute Gasteiger partial charge is 0.270 e. The summed E-state index contributed by atoms with van der Waals surface area (Å²) < 4.78 is 0. The third kappa shape index (κ3) is 3.59. The molecule has 0 fully saturated rings. The Bertz CT molecular complexity index is 549. The first-order chi connectivity index (χ1) is 9.19. The van der Waals surface area contributed by atoms with Crippen molar-refractivity contribution in [3.63, 3.8) is 0 Å². The number of nitrogens with two attached hydrogens (primary N) is 1. The molecule has 0 radical (unpaired) electrons. The van der Waals surface area contributed by atoms with Gasteiger partial charge in [-0.05, 0) is 30.2 Å². The monoisotopic (exact) mass is 256 g/mol. The molecule has 0 aliphatic carbocycles. The van der Waals surface area contributed by atoms with Crippen molar-refractivity contribution in [3.05, 3.63) is 59.2 Å². The van der Waals surface area contributed by atoms with Crippen LogP contribution in [0.3, 0.4) is 0 Å². The molecule has 2 aromatic rings. The molecule has 2 aromatic heterocycles. The van der Waals surface area contributed by atoms with Gasteiger partial charge in [-0.1, -0.05) is 12.1 Å². The van der Waals surface area contributed by atoms with Gasteiger partial charge >= 0.3 is 0 Å². The van der Waals surface area contributed by atoms with Crippen LogP contribution in [0.25, 0.3) is 0 Å². The predicted molar refractivity (Wildman–Crippen MR) is 72.3 cm³/mol. The summed E-state index contributed by atoms with van der Waals surface area (Å²) in [6, 6.07) is 7.32. The first-order valence-electron chi connectivity index (χ1n) is 6.04. The molecule has 0 unspecified atom stereocenters. The van der Waals surface area contributed by atoms with Gasteiger partial charge in [0.15, 0.2) is 0 Å². The van der Waals surface area contributed by atoms with E-state index in [0.717, 1.165) is 16.8 Å². The van der Waals surface area contributed by atoms with Crippen LogP contribution in [0, 0.1) is 6.92 Å². The Morgan fingerprint density at radius 3 is 2.47 bits per heavy atom. The molecule has 0 saturated carbocycles. The summed E-state index contributed by atoms with van der Waals surface area (Å²) in [6.07, 6.45) is 3.36. The van der Waals surface area contributed by atoms with Crippen LogP contribution < -0.4 is 11.1 Å². The molecule has 0 saturated heterocycles. The number of nitrogens with zero attached hydrogens (tertiary/aromatic N) is 2. The number of carbonyl (C=O) groups excluding carboxylic acids is 1. The molecular weight excluding hydrogens is 240 g/mol. The highest BCUT2D eigenvalue weighted by Gasteiger charge is 2.06. The van der Waals surface area contributed by atoms with E-state index in [0.29, 0.717) is 18.8 Å². The first kappa shape index (κ1) is 13.2. The van der Waals surface area contributed by atoms with Crippen LogP contribution in [-0.2, 0) is 13.1 Å². The van der Waals surface area contributed by atoms with E-state index in [2.05, 4.69) is 15.3 Å². The number of rotatable bonds is 4. The number of carbonyl (C=O) groups is 1. The van der Waals surface area contributed by atoms with Crippen molar-refractivity contribution >= 4 is 5.91 Å². The van der Waals surface area contributed by atoms with Crippen LogP contribution in [0.15, 0.2) is 36.7 Å². The van der Waals surface area contributed by atoms with Crippen molar-refractivity contribution in [3.8, 4) is 0 Å². The van der Waals surface area contributed by atoms with E-state index in [1.807, 2.05) is 19.1 Å². The SMILES string of the molecule is Cc1ccc(CNC(=O)c2ccc(CN)cn2)cn1. The van der Waals surface area contributed by atoms with Gasteiger partial charge < -0.3 is 11.1 Å². The highest BCUT2D eigenvalue weighted by molar-refractivity contribution is 5.92. The molecule has 5 heteroatoms. The number of aromatic nitrogens is 2. The Hall–Kier alpha value is -2.27. The lowest BCUT2D eigenvalue weighted by Crippen LogP contribution is -2.23. The Kier molecular flexibility index (Phi) is 4.20. The van der Waals surface area contributed by atoms with Gasteiger partial charge in [0, 0.05) is 31.2 Å². The Balaban J connectivity index is 1.95. The zero-order valence-corrected chi connectivity index (χ0v) is 10.8. The Morgan fingerprint density at radius 2 is 1.89 bits per heavy atom. The normalized spacial score (nSPS) is 10.2. The van der Waals surface area contributed by atoms with Crippen LogP contribution >= 0.6 is 0 Å². The Labute approximate surface area is 111 Å². The topological polar surface area (TPSA) is 80.9 Å². The molecule has 2 rings (SSSR count). The molecule has 0 aliphatic heterocycles. The lowest BCUT2D eigenvalue weighted by Gasteiger charge is -2.05. The van der Waals surface area contributed by atoms with E-state index >= 15 is 0 Å². The van der Waals surface area contributed by atoms with E-state index in [-0.39, 0.29) is 5.91 Å². The minimum atomic E-state index is -0.204. The number of hydrogen-bond acceptors (Lipinski definition) is 4. The molecule has 0 bridgehead atoms. The van der Waals surface area contributed by atoms with Crippen LogP contribution in [0.2, 0.25) is 0 Å². The average molecular weight is 256 g/mol. The van der Waals surface area contributed by atoms with Crippen LogP contribution in [0.1, 0.15) is 27.3 Å². The minimum Gasteiger partial charge on any atom is -0.347 e. The standard InChI is InChI=1S/C14H16N4O/c1-10-2-3-12(8-16-10)9-18-14(19)13-5-4-11(6-15)7-17-13/h2-5,7-8H,6,9,15H2,1H3,(H,18,19). The van der Waals surface area contributed by atoms with Gasteiger partial charge in [-0.3, -0.25) is 14.8 Å². The van der Waals surface area contributed by atoms with Gasteiger partial charge in [0.05, 0.1) is 0 Å². The maximum Gasteiger partial charge on any atom is 0.270 e. The highest BCUT2D eigenvalue weighted by Crippen LogP contribution is 2.02. The van der Waals surface area contributed by atoms with Gasteiger partial charge in [-0.2, -0.15) is 0 Å². The third-order valence-electron chi connectivity index (χ3n) is 2.72. The number of aryl methyl sites for hydroxylation is 1. The average Bonchev–Trinajstić information content (AvgIpc) is 2.46. The van der Waals surface area contributed by atoms with Gasteiger partial charge in [-0.25, -0.2) is 0 Å². The van der Waals surface area contributed by atoms with E-state index in [1.54, 1.807) is 24.5 Å². The number of amides is 1. The van der Waals surface area contributed by atoms with Crippen molar-refractivity contribution in [2.45, 2.75) is 20.0 Å². The summed E-state index contributed by atoms with van der Waals surface area (Å²) in [7, 11) is 0. The molecular formula is C14H16N4O. The van der Waals surface area contributed by atoms with Gasteiger partial charge in [0.1, 0.15) is 5.69 Å². The second kappa shape index (κ2) is 6.06.